The van der Waals surface area contributed by atoms with E-state index in [4.69, 9.17) is 4.74 Å². The zero-order valence-electron chi connectivity index (χ0n) is 15.5. The molecule has 2 amide bonds. The van der Waals surface area contributed by atoms with Crippen LogP contribution in [0.3, 0.4) is 0 Å². The molecule has 1 aromatic carbocycles. The van der Waals surface area contributed by atoms with Gasteiger partial charge in [0.15, 0.2) is 6.61 Å². The molecule has 0 unspecified atom stereocenters. The van der Waals surface area contributed by atoms with Crippen LogP contribution in [0.5, 0.6) is 5.75 Å². The number of rotatable bonds is 4. The maximum atomic E-state index is 12.8. The number of hydrogen-bond donors (Lipinski definition) is 2. The van der Waals surface area contributed by atoms with Crippen molar-refractivity contribution < 1.29 is 22.7 Å². The Morgan fingerprint density at radius 3 is 2.62 bits per heavy atom. The SMILES string of the molecule is O=C1COc2ccc(S(=O)(=O)NC3CCN(C(=O)c4ccncc4)CC3)cc2N1. The molecule has 4 rings (SSSR count). The Morgan fingerprint density at radius 1 is 1.17 bits per heavy atom. The van der Waals surface area contributed by atoms with Gasteiger partial charge < -0.3 is 15.0 Å². The molecule has 1 saturated heterocycles. The van der Waals surface area contributed by atoms with Crippen LogP contribution in [-0.2, 0) is 14.8 Å². The Morgan fingerprint density at radius 2 is 1.90 bits per heavy atom. The number of nitrogens with one attached hydrogen (secondary N) is 2. The third-order valence-electron chi connectivity index (χ3n) is 4.93. The first-order chi connectivity index (χ1) is 13.9. The first-order valence-electron chi connectivity index (χ1n) is 9.21. The molecule has 1 fully saturated rings. The molecule has 9 nitrogen and oxygen atoms in total. The minimum Gasteiger partial charge on any atom is -0.482 e. The van der Waals surface area contributed by atoms with Gasteiger partial charge in [0.25, 0.3) is 11.8 Å². The standard InChI is InChI=1S/C19H20N4O5S/c24-18-12-28-17-2-1-15(11-16(17)21-18)29(26,27)22-14-5-9-23(10-6-14)19(25)13-3-7-20-8-4-13/h1-4,7-8,11,14,22H,5-6,9-10,12H2,(H,21,24). The highest BCUT2D eigenvalue weighted by atomic mass is 32.2. The van der Waals surface area contributed by atoms with Crippen LogP contribution in [0, 0.1) is 0 Å². The number of ether oxygens (including phenoxy) is 1. The molecule has 2 aliphatic rings. The maximum absolute atomic E-state index is 12.8. The van der Waals surface area contributed by atoms with Crippen LogP contribution in [-0.4, -0.2) is 55.9 Å². The summed E-state index contributed by atoms with van der Waals surface area (Å²) in [6, 6.07) is 7.41. The molecule has 3 heterocycles. The number of aromatic nitrogens is 1. The largest absolute Gasteiger partial charge is 0.482 e. The van der Waals surface area contributed by atoms with Gasteiger partial charge in [-0.1, -0.05) is 0 Å². The number of hydrogen-bond acceptors (Lipinski definition) is 6. The number of carbonyl (C=O) groups is 2. The minimum absolute atomic E-state index is 0.0531. The first-order valence-corrected chi connectivity index (χ1v) is 10.7. The van der Waals surface area contributed by atoms with Crippen LogP contribution in [0.15, 0.2) is 47.6 Å². The molecule has 2 N–H and O–H groups in total. The smallest absolute Gasteiger partial charge is 0.262 e. The normalized spacial score (nSPS) is 17.2. The van der Waals surface area contributed by atoms with Gasteiger partial charge in [0, 0.05) is 37.1 Å². The van der Waals surface area contributed by atoms with Crippen molar-refractivity contribution in [2.75, 3.05) is 25.0 Å². The van der Waals surface area contributed by atoms with Crippen LogP contribution in [0.25, 0.3) is 0 Å². The van der Waals surface area contributed by atoms with E-state index >= 15 is 0 Å². The van der Waals surface area contributed by atoms with E-state index in [1.54, 1.807) is 29.4 Å². The number of amides is 2. The van der Waals surface area contributed by atoms with Crippen LogP contribution in [0.1, 0.15) is 23.2 Å². The Hall–Kier alpha value is -2.98. The van der Waals surface area contributed by atoms with E-state index in [2.05, 4.69) is 15.0 Å². The first kappa shape index (κ1) is 19.3. The van der Waals surface area contributed by atoms with E-state index < -0.39 is 10.0 Å². The molecule has 0 bridgehead atoms. The minimum atomic E-state index is -3.77. The zero-order chi connectivity index (χ0) is 20.4. The molecule has 0 atom stereocenters. The molecule has 0 aliphatic carbocycles. The Bertz CT molecular complexity index is 1030. The number of nitrogens with zero attached hydrogens (tertiary/aromatic N) is 2. The van der Waals surface area contributed by atoms with Crippen molar-refractivity contribution in [3.63, 3.8) is 0 Å². The summed E-state index contributed by atoms with van der Waals surface area (Å²) in [5.41, 5.74) is 0.902. The monoisotopic (exact) mass is 416 g/mol. The average Bonchev–Trinajstić information content (AvgIpc) is 2.73. The molecule has 0 saturated carbocycles. The van der Waals surface area contributed by atoms with Crippen LogP contribution in [0.4, 0.5) is 5.69 Å². The summed E-state index contributed by atoms with van der Waals surface area (Å²) in [6.07, 6.45) is 4.17. The van der Waals surface area contributed by atoms with E-state index in [1.165, 1.54) is 18.2 Å². The van der Waals surface area contributed by atoms with Gasteiger partial charge in [0.05, 0.1) is 10.6 Å². The highest BCUT2D eigenvalue weighted by molar-refractivity contribution is 7.89. The summed E-state index contributed by atoms with van der Waals surface area (Å²) in [5.74, 6) is 0.0249. The predicted molar refractivity (Wildman–Crippen MR) is 104 cm³/mol. The number of likely N-dealkylation sites (tertiary alicyclic amines) is 1. The van der Waals surface area contributed by atoms with Crippen molar-refractivity contribution in [2.45, 2.75) is 23.8 Å². The van der Waals surface area contributed by atoms with Crippen molar-refractivity contribution in [2.24, 2.45) is 0 Å². The van der Waals surface area contributed by atoms with E-state index in [-0.39, 0.29) is 29.4 Å². The molecule has 1 aromatic heterocycles. The van der Waals surface area contributed by atoms with E-state index in [0.29, 0.717) is 42.9 Å². The van der Waals surface area contributed by atoms with Gasteiger partial charge in [-0.2, -0.15) is 0 Å². The number of piperidine rings is 1. The van der Waals surface area contributed by atoms with Crippen molar-refractivity contribution in [1.82, 2.24) is 14.6 Å². The van der Waals surface area contributed by atoms with Gasteiger partial charge in [-0.05, 0) is 43.2 Å². The van der Waals surface area contributed by atoms with E-state index in [0.717, 1.165) is 0 Å². The van der Waals surface area contributed by atoms with Crippen LogP contribution >= 0.6 is 0 Å². The van der Waals surface area contributed by atoms with Crippen LogP contribution in [0.2, 0.25) is 0 Å². The lowest BCUT2D eigenvalue weighted by Gasteiger charge is -2.32. The van der Waals surface area contributed by atoms with Gasteiger partial charge >= 0.3 is 0 Å². The molecule has 29 heavy (non-hydrogen) atoms. The number of pyridine rings is 1. The number of fused-ring (bicyclic) bond motifs is 1. The Balaban J connectivity index is 1.39. The predicted octanol–water partition coefficient (Wildman–Crippen LogP) is 0.996. The quantitative estimate of drug-likeness (QED) is 0.768. The van der Waals surface area contributed by atoms with E-state index in [1.807, 2.05) is 0 Å². The number of benzene rings is 1. The average molecular weight is 416 g/mol. The highest BCUT2D eigenvalue weighted by Crippen LogP contribution is 2.30. The summed E-state index contributed by atoms with van der Waals surface area (Å²) in [7, 11) is -3.77. The second-order valence-electron chi connectivity index (χ2n) is 6.92. The van der Waals surface area contributed by atoms with Gasteiger partial charge in [0.2, 0.25) is 10.0 Å². The van der Waals surface area contributed by atoms with E-state index in [9.17, 15) is 18.0 Å². The number of carbonyl (C=O) groups excluding carboxylic acids is 2. The molecular formula is C19H20N4O5S. The molecule has 152 valence electrons. The summed E-state index contributed by atoms with van der Waals surface area (Å²) >= 11 is 0. The summed E-state index contributed by atoms with van der Waals surface area (Å²) in [6.45, 7) is 0.832. The third kappa shape index (κ3) is 4.22. The number of anilines is 1. The third-order valence-corrected chi connectivity index (χ3v) is 6.44. The maximum Gasteiger partial charge on any atom is 0.262 e. The molecule has 2 aliphatic heterocycles. The van der Waals surface area contributed by atoms with Crippen molar-refractivity contribution >= 4 is 27.5 Å². The lowest BCUT2D eigenvalue weighted by molar-refractivity contribution is -0.118. The Kier molecular flexibility index (Phi) is 5.20. The summed E-state index contributed by atoms with van der Waals surface area (Å²) < 4.78 is 33.5. The lowest BCUT2D eigenvalue weighted by atomic mass is 10.1. The molecule has 0 radical (unpaired) electrons. The fourth-order valence-corrected chi connectivity index (χ4v) is 4.73. The summed E-state index contributed by atoms with van der Waals surface area (Å²) in [5, 5.41) is 2.61. The van der Waals surface area contributed by atoms with Gasteiger partial charge in [-0.25, -0.2) is 13.1 Å². The van der Waals surface area contributed by atoms with Crippen molar-refractivity contribution in [3.8, 4) is 5.75 Å². The molecule has 0 spiro atoms. The van der Waals surface area contributed by atoms with Gasteiger partial charge in [-0.15, -0.1) is 0 Å². The second kappa shape index (κ2) is 7.80. The second-order valence-corrected chi connectivity index (χ2v) is 8.63. The molecular weight excluding hydrogens is 396 g/mol. The Labute approximate surface area is 168 Å². The van der Waals surface area contributed by atoms with Crippen LogP contribution < -0.4 is 14.8 Å². The lowest BCUT2D eigenvalue weighted by Crippen LogP contribution is -2.46. The number of sulfonamides is 1. The summed E-state index contributed by atoms with van der Waals surface area (Å²) in [4.78, 5) is 29.6. The van der Waals surface area contributed by atoms with Crippen molar-refractivity contribution in [3.05, 3.63) is 48.3 Å². The topological polar surface area (TPSA) is 118 Å². The molecule has 10 heteroatoms. The molecule has 2 aromatic rings. The van der Waals surface area contributed by atoms with Crippen molar-refractivity contribution in [1.29, 1.82) is 0 Å². The zero-order valence-corrected chi connectivity index (χ0v) is 16.3. The fraction of sp³-hybridized carbons (Fsp3) is 0.316. The highest BCUT2D eigenvalue weighted by Gasteiger charge is 2.28. The van der Waals surface area contributed by atoms with Gasteiger partial charge in [-0.3, -0.25) is 14.6 Å². The van der Waals surface area contributed by atoms with Gasteiger partial charge in [0.1, 0.15) is 5.75 Å². The fourth-order valence-electron chi connectivity index (χ4n) is 3.39.